The molecule has 0 aliphatic rings. The molecular formula is C24H28F4N4O3. The lowest BCUT2D eigenvalue weighted by Crippen LogP contribution is -2.48. The number of rotatable bonds is 10. The zero-order chi connectivity index (χ0) is 26.5. The van der Waals surface area contributed by atoms with E-state index in [0.717, 1.165) is 21.9 Å². The van der Waals surface area contributed by atoms with Crippen molar-refractivity contribution in [1.82, 2.24) is 4.98 Å². The van der Waals surface area contributed by atoms with Crippen molar-refractivity contribution in [3.63, 3.8) is 0 Å². The maximum absolute atomic E-state index is 14.3. The number of anilines is 3. The fourth-order valence-electron chi connectivity index (χ4n) is 3.90. The van der Waals surface area contributed by atoms with E-state index in [0.29, 0.717) is 30.0 Å². The van der Waals surface area contributed by atoms with Crippen LogP contribution in [0.25, 0.3) is 0 Å². The molecule has 0 aliphatic heterocycles. The van der Waals surface area contributed by atoms with Crippen LogP contribution in [-0.2, 0) is 20.6 Å². The van der Waals surface area contributed by atoms with Crippen LogP contribution in [0, 0.1) is 19.7 Å². The number of aryl methyl sites for hydroxylation is 2. The van der Waals surface area contributed by atoms with Gasteiger partial charge in [-0.2, -0.15) is 13.2 Å². The Morgan fingerprint density at radius 2 is 1.77 bits per heavy atom. The van der Waals surface area contributed by atoms with Gasteiger partial charge >= 0.3 is 6.18 Å². The molecule has 1 unspecified atom stereocenters. The predicted molar refractivity (Wildman–Crippen MR) is 125 cm³/mol. The smallest absolute Gasteiger partial charge is 0.366 e. The molecule has 2 rings (SSSR count). The minimum absolute atomic E-state index is 0.0201. The summed E-state index contributed by atoms with van der Waals surface area (Å²) in [5, 5.41) is 0. The molecule has 0 N–H and O–H groups in total. The van der Waals surface area contributed by atoms with Gasteiger partial charge in [-0.3, -0.25) is 14.5 Å². The first-order valence-corrected chi connectivity index (χ1v) is 10.9. The van der Waals surface area contributed by atoms with Gasteiger partial charge in [0, 0.05) is 19.8 Å². The van der Waals surface area contributed by atoms with Crippen molar-refractivity contribution < 1.29 is 31.9 Å². The Morgan fingerprint density at radius 3 is 2.31 bits per heavy atom. The summed E-state index contributed by atoms with van der Waals surface area (Å²) in [7, 11) is 2.98. The highest BCUT2D eigenvalue weighted by Gasteiger charge is 2.35. The van der Waals surface area contributed by atoms with Crippen molar-refractivity contribution in [1.29, 1.82) is 0 Å². The average Bonchev–Trinajstić information content (AvgIpc) is 2.76. The number of alkyl halides is 3. The molecule has 35 heavy (non-hydrogen) atoms. The number of pyridine rings is 1. The van der Waals surface area contributed by atoms with Gasteiger partial charge in [-0.05, 0) is 50.1 Å². The summed E-state index contributed by atoms with van der Waals surface area (Å²) >= 11 is 0. The number of nitrogens with zero attached hydrogens (tertiary/aromatic N) is 4. The van der Waals surface area contributed by atoms with Crippen LogP contribution in [0.2, 0.25) is 0 Å². The second kappa shape index (κ2) is 11.3. The first kappa shape index (κ1) is 27.7. The van der Waals surface area contributed by atoms with Gasteiger partial charge in [0.15, 0.2) is 0 Å². The normalized spacial score (nSPS) is 12.1. The number of benzene rings is 1. The minimum Gasteiger partial charge on any atom is -0.366 e. The molecular weight excluding hydrogens is 468 g/mol. The SMILES string of the molecule is CCCC(C(=O)N(C)c1cc(F)cc(C)c1N(C)CC=O)N(C=O)c1cc(C(F)(F)F)cc(C)n1. The van der Waals surface area contributed by atoms with Crippen molar-refractivity contribution >= 4 is 35.8 Å². The number of aromatic nitrogens is 1. The van der Waals surface area contributed by atoms with Gasteiger partial charge in [0.25, 0.3) is 0 Å². The molecule has 1 atom stereocenters. The first-order chi connectivity index (χ1) is 16.3. The molecule has 0 fully saturated rings. The summed E-state index contributed by atoms with van der Waals surface area (Å²) in [4.78, 5) is 44.3. The Morgan fingerprint density at radius 1 is 1.11 bits per heavy atom. The average molecular weight is 497 g/mol. The molecule has 0 saturated heterocycles. The lowest BCUT2D eigenvalue weighted by molar-refractivity contribution is -0.137. The van der Waals surface area contributed by atoms with Crippen molar-refractivity contribution in [3.05, 3.63) is 46.9 Å². The highest BCUT2D eigenvalue weighted by Crippen LogP contribution is 2.35. The summed E-state index contributed by atoms with van der Waals surface area (Å²) < 4.78 is 54.4. The van der Waals surface area contributed by atoms with Crippen LogP contribution in [0.5, 0.6) is 0 Å². The summed E-state index contributed by atoms with van der Waals surface area (Å²) in [6.45, 7) is 4.71. The molecule has 11 heteroatoms. The van der Waals surface area contributed by atoms with Gasteiger partial charge in [0.2, 0.25) is 12.3 Å². The highest BCUT2D eigenvalue weighted by atomic mass is 19.4. The van der Waals surface area contributed by atoms with E-state index in [1.165, 1.54) is 20.0 Å². The van der Waals surface area contributed by atoms with Crippen LogP contribution >= 0.6 is 0 Å². The monoisotopic (exact) mass is 496 g/mol. The number of aldehydes is 1. The third-order valence-corrected chi connectivity index (χ3v) is 5.50. The van der Waals surface area contributed by atoms with Gasteiger partial charge in [-0.1, -0.05) is 13.3 Å². The van der Waals surface area contributed by atoms with Crippen molar-refractivity contribution in [3.8, 4) is 0 Å². The standard InChI is InChI=1S/C24H28F4N4O3/c1-6-7-19(32(14-34)21-12-17(24(26,27)28)11-16(3)29-21)23(35)31(5)20-13-18(25)10-15(2)22(20)30(4)8-9-33/h9-14,19H,6-8H2,1-5H3. The number of carbonyl (C=O) groups is 3. The van der Waals surface area contributed by atoms with Crippen LogP contribution in [0.15, 0.2) is 24.3 Å². The second-order valence-electron chi connectivity index (χ2n) is 8.21. The van der Waals surface area contributed by atoms with Crippen molar-refractivity contribution in [2.24, 2.45) is 0 Å². The number of amides is 2. The molecule has 1 aromatic heterocycles. The fraction of sp³-hybridized carbons (Fsp3) is 0.417. The van der Waals surface area contributed by atoms with Crippen molar-refractivity contribution in [2.75, 3.05) is 35.3 Å². The largest absolute Gasteiger partial charge is 0.416 e. The maximum atomic E-state index is 14.3. The molecule has 0 saturated carbocycles. The van der Waals surface area contributed by atoms with Gasteiger partial charge in [-0.25, -0.2) is 9.37 Å². The van der Waals surface area contributed by atoms with Gasteiger partial charge in [-0.15, -0.1) is 0 Å². The summed E-state index contributed by atoms with van der Waals surface area (Å²) in [5.74, 6) is -1.59. The molecule has 190 valence electrons. The van der Waals surface area contributed by atoms with Gasteiger partial charge < -0.3 is 14.6 Å². The van der Waals surface area contributed by atoms with E-state index < -0.39 is 29.5 Å². The van der Waals surface area contributed by atoms with E-state index in [2.05, 4.69) is 4.98 Å². The number of hydrogen-bond donors (Lipinski definition) is 0. The van der Waals surface area contributed by atoms with Crippen LogP contribution in [0.3, 0.4) is 0 Å². The summed E-state index contributed by atoms with van der Waals surface area (Å²) in [5.41, 5.74) is 0.0726. The molecule has 1 aromatic carbocycles. The fourth-order valence-corrected chi connectivity index (χ4v) is 3.90. The Bertz CT molecular complexity index is 1090. The highest BCUT2D eigenvalue weighted by molar-refractivity contribution is 6.03. The Labute approximate surface area is 201 Å². The molecule has 0 aliphatic carbocycles. The molecule has 2 aromatic rings. The lowest BCUT2D eigenvalue weighted by atomic mass is 10.1. The first-order valence-electron chi connectivity index (χ1n) is 10.9. The Balaban J connectivity index is 2.58. The van der Waals surface area contributed by atoms with E-state index >= 15 is 0 Å². The van der Waals surface area contributed by atoms with Crippen LogP contribution < -0.4 is 14.7 Å². The van der Waals surface area contributed by atoms with E-state index in [-0.39, 0.29) is 36.6 Å². The molecule has 1 heterocycles. The Kier molecular flexibility index (Phi) is 8.94. The van der Waals surface area contributed by atoms with Gasteiger partial charge in [0.1, 0.15) is 24.0 Å². The zero-order valence-corrected chi connectivity index (χ0v) is 20.2. The quantitative estimate of drug-likeness (QED) is 0.363. The lowest BCUT2D eigenvalue weighted by Gasteiger charge is -2.33. The molecule has 0 bridgehead atoms. The maximum Gasteiger partial charge on any atom is 0.416 e. The van der Waals surface area contributed by atoms with Crippen LogP contribution in [0.1, 0.15) is 36.6 Å². The number of hydrogen-bond acceptors (Lipinski definition) is 5. The third kappa shape index (κ3) is 6.34. The van der Waals surface area contributed by atoms with E-state index in [1.54, 1.807) is 25.8 Å². The molecule has 0 spiro atoms. The molecule has 2 amide bonds. The van der Waals surface area contributed by atoms with E-state index in [4.69, 9.17) is 0 Å². The third-order valence-electron chi connectivity index (χ3n) is 5.50. The van der Waals surface area contributed by atoms with E-state index in [1.807, 2.05) is 0 Å². The topological polar surface area (TPSA) is 73.8 Å². The summed E-state index contributed by atoms with van der Waals surface area (Å²) in [6.07, 6.45) is -3.21. The van der Waals surface area contributed by atoms with E-state index in [9.17, 15) is 31.9 Å². The van der Waals surface area contributed by atoms with Gasteiger partial charge in [0.05, 0.1) is 23.5 Å². The molecule has 0 radical (unpaired) electrons. The predicted octanol–water partition coefficient (Wildman–Crippen LogP) is 4.29. The number of likely N-dealkylation sites (N-methyl/N-ethyl adjacent to an activating group) is 2. The molecule has 7 nitrogen and oxygen atoms in total. The van der Waals surface area contributed by atoms with Crippen LogP contribution in [-0.4, -0.2) is 50.3 Å². The van der Waals surface area contributed by atoms with Crippen LogP contribution in [0.4, 0.5) is 34.8 Å². The second-order valence-corrected chi connectivity index (χ2v) is 8.21. The Hall–Kier alpha value is -3.50. The zero-order valence-electron chi connectivity index (χ0n) is 20.2. The number of halogens is 4. The van der Waals surface area contributed by atoms with Crippen molar-refractivity contribution in [2.45, 2.75) is 45.8 Å². The number of carbonyl (C=O) groups excluding carboxylic acids is 3. The minimum atomic E-state index is -4.67. The summed E-state index contributed by atoms with van der Waals surface area (Å²) in [6, 6.07) is 2.75.